The lowest BCUT2D eigenvalue weighted by atomic mass is 9.82. The topological polar surface area (TPSA) is 32.3 Å². The van der Waals surface area contributed by atoms with Crippen LogP contribution in [0.25, 0.3) is 0 Å². The quantitative estimate of drug-likeness (QED) is 0.849. The molecule has 0 amide bonds. The van der Waals surface area contributed by atoms with E-state index < -0.39 is 0 Å². The molecule has 0 saturated carbocycles. The maximum absolute atomic E-state index is 9.43. The summed E-state index contributed by atoms with van der Waals surface area (Å²) in [4.78, 5) is 0. The van der Waals surface area contributed by atoms with E-state index in [1.165, 1.54) is 13.0 Å². The van der Waals surface area contributed by atoms with Gasteiger partial charge in [0.15, 0.2) is 0 Å². The van der Waals surface area contributed by atoms with Crippen molar-refractivity contribution in [2.24, 2.45) is 5.92 Å². The van der Waals surface area contributed by atoms with Crippen molar-refractivity contribution in [1.29, 1.82) is 0 Å². The van der Waals surface area contributed by atoms with Crippen LogP contribution in [0.1, 0.15) is 24.3 Å². The summed E-state index contributed by atoms with van der Waals surface area (Å²) < 4.78 is 0. The number of rotatable bonds is 3. The number of aliphatic hydroxyl groups is 1. The number of hydrogen-bond acceptors (Lipinski definition) is 2. The van der Waals surface area contributed by atoms with Gasteiger partial charge in [-0.3, -0.25) is 0 Å². The molecule has 0 unspecified atom stereocenters. The molecular weight excluding hydrogens is 222 g/mol. The second-order valence-corrected chi connectivity index (χ2v) is 4.77. The van der Waals surface area contributed by atoms with Gasteiger partial charge in [-0.25, -0.2) is 0 Å². The largest absolute Gasteiger partial charge is 0.390 e. The van der Waals surface area contributed by atoms with Crippen molar-refractivity contribution in [3.05, 3.63) is 41.5 Å². The van der Waals surface area contributed by atoms with E-state index in [0.29, 0.717) is 5.92 Å². The van der Waals surface area contributed by atoms with E-state index in [-0.39, 0.29) is 5.92 Å². The summed E-state index contributed by atoms with van der Waals surface area (Å²) in [6.07, 6.45) is 2.33. The van der Waals surface area contributed by atoms with E-state index in [9.17, 15) is 5.11 Å². The number of aliphatic hydroxyl groups excluding tert-OH is 1. The van der Waals surface area contributed by atoms with E-state index in [1.54, 1.807) is 0 Å². The molecule has 1 aromatic carbocycles. The average molecular weight is 239 g/mol. The first-order chi connectivity index (χ1) is 7.81. The molecule has 1 aliphatic rings. The van der Waals surface area contributed by atoms with Crippen LogP contribution in [-0.4, -0.2) is 18.2 Å². The fourth-order valence-corrected chi connectivity index (χ4v) is 2.58. The zero-order valence-electron chi connectivity index (χ0n) is 9.20. The zero-order chi connectivity index (χ0) is 11.4. The van der Waals surface area contributed by atoms with Crippen molar-refractivity contribution in [2.75, 3.05) is 13.1 Å². The molecule has 2 nitrogen and oxygen atoms in total. The third-order valence-electron chi connectivity index (χ3n) is 3.24. The minimum Gasteiger partial charge on any atom is -0.390 e. The molecule has 1 heterocycles. The fraction of sp³-hybridized carbons (Fsp3) is 0.462. The van der Waals surface area contributed by atoms with E-state index in [0.717, 1.165) is 30.1 Å². The fourth-order valence-electron chi connectivity index (χ4n) is 2.38. The standard InChI is InChI=1S/C13H17ClNO/c14-12-5-1-3-10(7-12)13(9-16)11-4-2-6-15-8-11/h1,3,5,7,9,11,13,15-16H,2,4,6,8H2/t11-,13-/m0/s1. The molecular formula is C13H17ClNO. The van der Waals surface area contributed by atoms with Gasteiger partial charge in [0.25, 0.3) is 0 Å². The van der Waals surface area contributed by atoms with Gasteiger partial charge < -0.3 is 10.4 Å². The summed E-state index contributed by atoms with van der Waals surface area (Å²) >= 11 is 5.97. The van der Waals surface area contributed by atoms with Gasteiger partial charge in [-0.15, -0.1) is 0 Å². The van der Waals surface area contributed by atoms with Crippen LogP contribution < -0.4 is 5.32 Å². The number of piperidine rings is 1. The van der Waals surface area contributed by atoms with Gasteiger partial charge >= 0.3 is 0 Å². The van der Waals surface area contributed by atoms with Crippen molar-refractivity contribution in [1.82, 2.24) is 5.32 Å². The lowest BCUT2D eigenvalue weighted by Gasteiger charge is -2.29. The first-order valence-corrected chi connectivity index (χ1v) is 6.13. The van der Waals surface area contributed by atoms with Gasteiger partial charge in [-0.05, 0) is 49.5 Å². The van der Waals surface area contributed by atoms with E-state index in [2.05, 4.69) is 5.32 Å². The Hall–Kier alpha value is -0.570. The molecule has 1 aliphatic heterocycles. The molecule has 16 heavy (non-hydrogen) atoms. The SMILES string of the molecule is O[CH][C@@H](c1cccc(Cl)c1)[C@H]1CCCNC1. The summed E-state index contributed by atoms with van der Waals surface area (Å²) in [7, 11) is 0. The molecule has 2 N–H and O–H groups in total. The van der Waals surface area contributed by atoms with Crippen molar-refractivity contribution < 1.29 is 5.11 Å². The Bertz CT molecular complexity index is 336. The highest BCUT2D eigenvalue weighted by molar-refractivity contribution is 6.30. The van der Waals surface area contributed by atoms with Gasteiger partial charge in [0.05, 0.1) is 6.61 Å². The Morgan fingerprint density at radius 1 is 1.50 bits per heavy atom. The molecule has 1 radical (unpaired) electrons. The van der Waals surface area contributed by atoms with Gasteiger partial charge in [-0.1, -0.05) is 23.7 Å². The van der Waals surface area contributed by atoms with Gasteiger partial charge in [0, 0.05) is 10.9 Å². The monoisotopic (exact) mass is 238 g/mol. The summed E-state index contributed by atoms with van der Waals surface area (Å²) in [5, 5.41) is 13.5. The summed E-state index contributed by atoms with van der Waals surface area (Å²) in [6.45, 7) is 3.36. The predicted molar refractivity (Wildman–Crippen MR) is 66.0 cm³/mol. The molecule has 0 bridgehead atoms. The highest BCUT2D eigenvalue weighted by Gasteiger charge is 2.24. The zero-order valence-corrected chi connectivity index (χ0v) is 9.95. The Balaban J connectivity index is 2.14. The van der Waals surface area contributed by atoms with Crippen LogP contribution in [0.5, 0.6) is 0 Å². The van der Waals surface area contributed by atoms with E-state index in [4.69, 9.17) is 11.6 Å². The van der Waals surface area contributed by atoms with Crippen molar-refractivity contribution >= 4 is 11.6 Å². The van der Waals surface area contributed by atoms with Crippen LogP contribution in [-0.2, 0) is 0 Å². The molecule has 0 spiro atoms. The van der Waals surface area contributed by atoms with Crippen molar-refractivity contribution in [3.8, 4) is 0 Å². The molecule has 0 aliphatic carbocycles. The highest BCUT2D eigenvalue weighted by Crippen LogP contribution is 2.32. The molecule has 3 heteroatoms. The highest BCUT2D eigenvalue weighted by atomic mass is 35.5. The normalized spacial score (nSPS) is 23.0. The summed E-state index contributed by atoms with van der Waals surface area (Å²) in [5.74, 6) is 0.559. The van der Waals surface area contributed by atoms with E-state index >= 15 is 0 Å². The van der Waals surface area contributed by atoms with Crippen LogP contribution in [0.3, 0.4) is 0 Å². The van der Waals surface area contributed by atoms with Crippen LogP contribution in [0.15, 0.2) is 24.3 Å². The van der Waals surface area contributed by atoms with Gasteiger partial charge in [0.2, 0.25) is 0 Å². The third kappa shape index (κ3) is 2.76. The lowest BCUT2D eigenvalue weighted by molar-refractivity contribution is 0.265. The smallest absolute Gasteiger partial charge is 0.0876 e. The van der Waals surface area contributed by atoms with Crippen LogP contribution in [0, 0.1) is 12.5 Å². The third-order valence-corrected chi connectivity index (χ3v) is 3.47. The average Bonchev–Trinajstić information content (AvgIpc) is 2.31. The maximum Gasteiger partial charge on any atom is 0.0876 e. The molecule has 1 saturated heterocycles. The minimum absolute atomic E-state index is 0.0894. The van der Waals surface area contributed by atoms with Crippen molar-refractivity contribution in [3.63, 3.8) is 0 Å². The number of benzene rings is 1. The Kier molecular flexibility index (Phi) is 4.22. The summed E-state index contributed by atoms with van der Waals surface area (Å²) in [6, 6.07) is 7.76. The molecule has 0 aromatic heterocycles. The molecule has 1 aromatic rings. The Morgan fingerprint density at radius 3 is 3.00 bits per heavy atom. The van der Waals surface area contributed by atoms with Gasteiger partial charge in [-0.2, -0.15) is 0 Å². The molecule has 2 atom stereocenters. The first-order valence-electron chi connectivity index (χ1n) is 5.75. The molecule has 2 rings (SSSR count). The first kappa shape index (κ1) is 11.9. The number of nitrogens with one attached hydrogen (secondary N) is 1. The molecule has 87 valence electrons. The summed E-state index contributed by atoms with van der Waals surface area (Å²) in [5.41, 5.74) is 1.10. The predicted octanol–water partition coefficient (Wildman–Crippen LogP) is 2.96. The van der Waals surface area contributed by atoms with Crippen molar-refractivity contribution in [2.45, 2.75) is 18.8 Å². The lowest BCUT2D eigenvalue weighted by Crippen LogP contribution is -2.33. The van der Waals surface area contributed by atoms with E-state index in [1.807, 2.05) is 24.3 Å². The minimum atomic E-state index is 0.0894. The Labute approximate surface area is 102 Å². The second-order valence-electron chi connectivity index (χ2n) is 4.34. The van der Waals surface area contributed by atoms with Crippen LogP contribution in [0.2, 0.25) is 5.02 Å². The second kappa shape index (κ2) is 5.67. The van der Waals surface area contributed by atoms with Crippen LogP contribution in [0.4, 0.5) is 0 Å². The maximum atomic E-state index is 9.43. The Morgan fingerprint density at radius 2 is 2.38 bits per heavy atom. The number of halogens is 1. The molecule has 1 fully saturated rings. The van der Waals surface area contributed by atoms with Gasteiger partial charge in [0.1, 0.15) is 0 Å². The van der Waals surface area contributed by atoms with Crippen LogP contribution >= 0.6 is 11.6 Å². The number of hydrogen-bond donors (Lipinski definition) is 2.